The van der Waals surface area contributed by atoms with Crippen molar-refractivity contribution in [3.63, 3.8) is 0 Å². The third kappa shape index (κ3) is 5.04. The maximum atomic E-state index is 12.2. The average Bonchev–Trinajstić information content (AvgIpc) is 2.52. The van der Waals surface area contributed by atoms with Crippen LogP contribution in [0.1, 0.15) is 20.7 Å². The van der Waals surface area contributed by atoms with Gasteiger partial charge in [-0.25, -0.2) is 0 Å². The lowest BCUT2D eigenvalue weighted by Gasteiger charge is -2.08. The number of carbonyl (C=O) groups excluding carboxylic acids is 2. The largest absolute Gasteiger partial charge is 0.349 e. The van der Waals surface area contributed by atoms with Gasteiger partial charge >= 0.3 is 0 Å². The van der Waals surface area contributed by atoms with E-state index in [1.807, 2.05) is 6.07 Å². The van der Waals surface area contributed by atoms with Crippen LogP contribution in [0.3, 0.4) is 0 Å². The molecule has 0 aromatic heterocycles. The molecule has 0 aliphatic rings. The molecule has 0 atom stereocenters. The van der Waals surface area contributed by atoms with E-state index in [9.17, 15) is 9.59 Å². The normalized spacial score (nSPS) is 10.0. The average molecular weight is 438 g/mol. The molecule has 0 radical (unpaired) electrons. The van der Waals surface area contributed by atoms with Gasteiger partial charge < -0.3 is 10.6 Å². The fourth-order valence-corrected chi connectivity index (χ4v) is 3.15. The molecule has 4 nitrogen and oxygen atoms in total. The molecule has 23 heavy (non-hydrogen) atoms. The van der Waals surface area contributed by atoms with E-state index in [4.69, 9.17) is 0 Å². The van der Waals surface area contributed by atoms with E-state index in [0.717, 1.165) is 8.95 Å². The minimum atomic E-state index is -0.226. The van der Waals surface area contributed by atoms with Crippen molar-refractivity contribution in [1.82, 2.24) is 5.32 Å². The standard InChI is InChI=1S/C17H14Br2N2O2/c1-2-7-20-16(22)11-3-5-15(6-4-11)21-17(23)12-8-13(18)10-14(19)9-12/h2-6,8-10H,1,7H2,(H,20,22)(H,21,23). The van der Waals surface area contributed by atoms with Gasteiger partial charge in [-0.05, 0) is 42.5 Å². The number of halogens is 2. The van der Waals surface area contributed by atoms with Crippen molar-refractivity contribution >= 4 is 49.4 Å². The molecule has 6 heteroatoms. The van der Waals surface area contributed by atoms with Crippen LogP contribution in [0.2, 0.25) is 0 Å². The van der Waals surface area contributed by atoms with Crippen molar-refractivity contribution in [3.05, 3.63) is 75.2 Å². The Kier molecular flexibility index (Phi) is 6.12. The summed E-state index contributed by atoms with van der Waals surface area (Å²) in [5, 5.41) is 5.49. The van der Waals surface area contributed by atoms with Gasteiger partial charge in [-0.2, -0.15) is 0 Å². The fraction of sp³-hybridized carbons (Fsp3) is 0.0588. The first-order chi connectivity index (χ1) is 11.0. The van der Waals surface area contributed by atoms with Crippen LogP contribution in [0.25, 0.3) is 0 Å². The molecule has 2 N–H and O–H groups in total. The van der Waals surface area contributed by atoms with Crippen LogP contribution in [0.15, 0.2) is 64.1 Å². The lowest BCUT2D eigenvalue weighted by Crippen LogP contribution is -2.23. The Morgan fingerprint density at radius 2 is 1.57 bits per heavy atom. The second kappa shape index (κ2) is 8.08. The molecule has 0 fully saturated rings. The Morgan fingerprint density at radius 1 is 0.957 bits per heavy atom. The highest BCUT2D eigenvalue weighted by Gasteiger charge is 2.09. The van der Waals surface area contributed by atoms with Crippen LogP contribution in [0, 0.1) is 0 Å². The topological polar surface area (TPSA) is 58.2 Å². The number of amides is 2. The molecule has 2 aromatic rings. The van der Waals surface area contributed by atoms with E-state index in [-0.39, 0.29) is 11.8 Å². The number of hydrogen-bond acceptors (Lipinski definition) is 2. The zero-order chi connectivity index (χ0) is 16.8. The van der Waals surface area contributed by atoms with Crippen molar-refractivity contribution < 1.29 is 9.59 Å². The quantitative estimate of drug-likeness (QED) is 0.682. The predicted molar refractivity (Wildman–Crippen MR) is 98.8 cm³/mol. The van der Waals surface area contributed by atoms with E-state index >= 15 is 0 Å². The van der Waals surface area contributed by atoms with Crippen LogP contribution in [0.5, 0.6) is 0 Å². The van der Waals surface area contributed by atoms with Gasteiger partial charge in [0.1, 0.15) is 0 Å². The second-order valence-electron chi connectivity index (χ2n) is 4.69. The van der Waals surface area contributed by atoms with Crippen LogP contribution in [0.4, 0.5) is 5.69 Å². The van der Waals surface area contributed by atoms with E-state index in [2.05, 4.69) is 49.1 Å². The molecule has 0 aliphatic heterocycles. The van der Waals surface area contributed by atoms with Gasteiger partial charge in [0.05, 0.1) is 0 Å². The Morgan fingerprint density at radius 3 is 2.13 bits per heavy atom. The van der Waals surface area contributed by atoms with Gasteiger partial charge in [-0.3, -0.25) is 9.59 Å². The minimum Gasteiger partial charge on any atom is -0.349 e. The Labute approximate surface area is 151 Å². The number of nitrogens with one attached hydrogen (secondary N) is 2. The van der Waals surface area contributed by atoms with Crippen LogP contribution in [-0.4, -0.2) is 18.4 Å². The Balaban J connectivity index is 2.07. The first-order valence-electron chi connectivity index (χ1n) is 6.76. The zero-order valence-electron chi connectivity index (χ0n) is 12.1. The number of anilines is 1. The van der Waals surface area contributed by atoms with Crippen molar-refractivity contribution in [1.29, 1.82) is 0 Å². The van der Waals surface area contributed by atoms with Gasteiger partial charge in [0, 0.05) is 32.3 Å². The molecular formula is C17H14Br2N2O2. The van der Waals surface area contributed by atoms with Gasteiger partial charge in [-0.15, -0.1) is 6.58 Å². The molecule has 2 amide bonds. The highest BCUT2D eigenvalue weighted by molar-refractivity contribution is 9.11. The molecule has 0 heterocycles. The van der Waals surface area contributed by atoms with Crippen LogP contribution in [-0.2, 0) is 0 Å². The maximum absolute atomic E-state index is 12.2. The molecule has 0 saturated heterocycles. The Hall–Kier alpha value is -1.92. The third-order valence-electron chi connectivity index (χ3n) is 2.94. The number of benzene rings is 2. The summed E-state index contributed by atoms with van der Waals surface area (Å²) in [5.41, 5.74) is 1.67. The molecule has 0 spiro atoms. The molecule has 0 aliphatic carbocycles. The van der Waals surface area contributed by atoms with E-state index < -0.39 is 0 Å². The molecule has 118 valence electrons. The molecule has 0 saturated carbocycles. The molecule has 2 rings (SSSR count). The highest BCUT2D eigenvalue weighted by atomic mass is 79.9. The molecule has 0 unspecified atom stereocenters. The van der Waals surface area contributed by atoms with Crippen molar-refractivity contribution in [2.45, 2.75) is 0 Å². The van der Waals surface area contributed by atoms with Crippen molar-refractivity contribution in [2.75, 3.05) is 11.9 Å². The van der Waals surface area contributed by atoms with Gasteiger partial charge in [-0.1, -0.05) is 37.9 Å². The summed E-state index contributed by atoms with van der Waals surface area (Å²) in [7, 11) is 0. The van der Waals surface area contributed by atoms with Crippen LogP contribution >= 0.6 is 31.9 Å². The lowest BCUT2D eigenvalue weighted by atomic mass is 10.1. The Bertz CT molecular complexity index is 723. The number of hydrogen-bond donors (Lipinski definition) is 2. The lowest BCUT2D eigenvalue weighted by molar-refractivity contribution is 0.0957. The van der Waals surface area contributed by atoms with Crippen molar-refractivity contribution in [3.8, 4) is 0 Å². The summed E-state index contributed by atoms with van der Waals surface area (Å²) in [5.74, 6) is -0.408. The van der Waals surface area contributed by atoms with Gasteiger partial charge in [0.25, 0.3) is 11.8 Å². The number of carbonyl (C=O) groups is 2. The minimum absolute atomic E-state index is 0.182. The van der Waals surface area contributed by atoms with E-state index in [0.29, 0.717) is 23.4 Å². The van der Waals surface area contributed by atoms with Gasteiger partial charge in [0.15, 0.2) is 0 Å². The molecular weight excluding hydrogens is 424 g/mol. The smallest absolute Gasteiger partial charge is 0.255 e. The predicted octanol–water partition coefficient (Wildman–Crippen LogP) is 4.38. The zero-order valence-corrected chi connectivity index (χ0v) is 15.3. The summed E-state index contributed by atoms with van der Waals surface area (Å²) < 4.78 is 1.62. The summed E-state index contributed by atoms with van der Waals surface area (Å²) in [4.78, 5) is 24.0. The summed E-state index contributed by atoms with van der Waals surface area (Å²) in [6, 6.07) is 12.0. The fourth-order valence-electron chi connectivity index (χ4n) is 1.86. The SMILES string of the molecule is C=CCNC(=O)c1ccc(NC(=O)c2cc(Br)cc(Br)c2)cc1. The van der Waals surface area contributed by atoms with Crippen molar-refractivity contribution in [2.24, 2.45) is 0 Å². The first-order valence-corrected chi connectivity index (χ1v) is 8.35. The highest BCUT2D eigenvalue weighted by Crippen LogP contribution is 2.21. The van der Waals surface area contributed by atoms with Crippen LogP contribution < -0.4 is 10.6 Å². The summed E-state index contributed by atoms with van der Waals surface area (Å²) in [6.45, 7) is 3.96. The number of rotatable bonds is 5. The van der Waals surface area contributed by atoms with E-state index in [1.54, 1.807) is 42.5 Å². The maximum Gasteiger partial charge on any atom is 0.255 e. The molecule has 2 aromatic carbocycles. The third-order valence-corrected chi connectivity index (χ3v) is 3.85. The monoisotopic (exact) mass is 436 g/mol. The van der Waals surface area contributed by atoms with E-state index in [1.165, 1.54) is 0 Å². The molecule has 0 bridgehead atoms. The summed E-state index contributed by atoms with van der Waals surface area (Å²) >= 11 is 6.70. The second-order valence-corrected chi connectivity index (χ2v) is 6.52. The van der Waals surface area contributed by atoms with Gasteiger partial charge in [0.2, 0.25) is 0 Å². The summed E-state index contributed by atoms with van der Waals surface area (Å²) in [6.07, 6.45) is 1.61. The first kappa shape index (κ1) is 17.4.